The van der Waals surface area contributed by atoms with Gasteiger partial charge < -0.3 is 19.7 Å². The number of hydrogen-bond acceptors (Lipinski definition) is 4. The van der Waals surface area contributed by atoms with Crippen molar-refractivity contribution in [3.63, 3.8) is 0 Å². The van der Waals surface area contributed by atoms with Gasteiger partial charge in [-0.15, -0.1) is 0 Å². The fourth-order valence-electron chi connectivity index (χ4n) is 0.877. The quantitative estimate of drug-likeness (QED) is 0.525. The molecule has 0 aromatic carbocycles. The van der Waals surface area contributed by atoms with Crippen LogP contribution in [0.5, 0.6) is 0 Å². The van der Waals surface area contributed by atoms with Gasteiger partial charge in [0, 0.05) is 5.92 Å². The van der Waals surface area contributed by atoms with Crippen molar-refractivity contribution in [1.29, 1.82) is 0 Å². The molecule has 0 radical (unpaired) electrons. The van der Waals surface area contributed by atoms with E-state index in [0.717, 1.165) is 0 Å². The molecular formula is C6H12O4. The Kier molecular flexibility index (Phi) is 3.08. The van der Waals surface area contributed by atoms with E-state index >= 15 is 0 Å². The molecule has 0 bridgehead atoms. The lowest BCUT2D eigenvalue weighted by atomic mass is 10.1. The summed E-state index contributed by atoms with van der Waals surface area (Å²) in [4.78, 5) is 0. The van der Waals surface area contributed by atoms with Crippen molar-refractivity contribution < 1.29 is 19.7 Å². The maximum Gasteiger partial charge on any atom is 0.146 e. The van der Waals surface area contributed by atoms with Crippen molar-refractivity contribution >= 4 is 0 Å². The Labute approximate surface area is 59.4 Å². The molecule has 1 saturated heterocycles. The monoisotopic (exact) mass is 148 g/mol. The van der Waals surface area contributed by atoms with Crippen LogP contribution in [0, 0.1) is 5.92 Å². The fourth-order valence-corrected chi connectivity index (χ4v) is 0.877. The molecule has 1 atom stereocenters. The van der Waals surface area contributed by atoms with Crippen molar-refractivity contribution in [2.45, 2.75) is 6.10 Å². The molecule has 1 heterocycles. The van der Waals surface area contributed by atoms with Crippen LogP contribution in [0.2, 0.25) is 0 Å². The lowest BCUT2D eigenvalue weighted by Crippen LogP contribution is -2.35. The first-order valence-corrected chi connectivity index (χ1v) is 3.29. The first kappa shape index (κ1) is 7.94. The summed E-state index contributed by atoms with van der Waals surface area (Å²) in [6.45, 7) is 1.02. The Bertz CT molecular complexity index is 89.7. The van der Waals surface area contributed by atoms with Gasteiger partial charge in [0.25, 0.3) is 0 Å². The molecule has 4 nitrogen and oxygen atoms in total. The largest absolute Gasteiger partial charge is 0.394 e. The lowest BCUT2D eigenvalue weighted by Gasteiger charge is -2.25. The van der Waals surface area contributed by atoms with Crippen LogP contribution in [0.3, 0.4) is 0 Å². The minimum atomic E-state index is -0.708. The van der Waals surface area contributed by atoms with Crippen molar-refractivity contribution in [3.05, 3.63) is 0 Å². The van der Waals surface area contributed by atoms with Crippen LogP contribution in [0.1, 0.15) is 0 Å². The first-order chi connectivity index (χ1) is 4.84. The van der Waals surface area contributed by atoms with E-state index in [1.807, 2.05) is 0 Å². The van der Waals surface area contributed by atoms with Gasteiger partial charge >= 0.3 is 0 Å². The average Bonchev–Trinajstić information content (AvgIpc) is 2.05. The van der Waals surface area contributed by atoms with E-state index in [-0.39, 0.29) is 12.5 Å². The number of aliphatic hydroxyl groups is 2. The molecule has 1 aliphatic heterocycles. The standard InChI is InChI=1S/C6H12O4/c7-1-6(8)5-2-9-4-10-3-5/h5-8H,1-4H2. The van der Waals surface area contributed by atoms with Gasteiger partial charge in [-0.1, -0.05) is 0 Å². The van der Waals surface area contributed by atoms with E-state index in [4.69, 9.17) is 19.7 Å². The van der Waals surface area contributed by atoms with E-state index in [1.54, 1.807) is 0 Å². The van der Waals surface area contributed by atoms with Gasteiger partial charge in [0.05, 0.1) is 25.9 Å². The molecule has 0 aliphatic carbocycles. The summed E-state index contributed by atoms with van der Waals surface area (Å²) in [6, 6.07) is 0. The van der Waals surface area contributed by atoms with Gasteiger partial charge in [0.2, 0.25) is 0 Å². The Morgan fingerprint density at radius 3 is 2.50 bits per heavy atom. The van der Waals surface area contributed by atoms with Crippen molar-refractivity contribution in [3.8, 4) is 0 Å². The molecule has 0 spiro atoms. The lowest BCUT2D eigenvalue weighted by molar-refractivity contribution is -0.152. The summed E-state index contributed by atoms with van der Waals surface area (Å²) in [6.07, 6.45) is -0.708. The topological polar surface area (TPSA) is 58.9 Å². The second kappa shape index (κ2) is 3.88. The molecule has 0 amide bonds. The fraction of sp³-hybridized carbons (Fsp3) is 1.00. The Hall–Kier alpha value is -0.160. The highest BCUT2D eigenvalue weighted by Gasteiger charge is 2.21. The molecule has 0 aromatic rings. The van der Waals surface area contributed by atoms with Gasteiger partial charge in [0.15, 0.2) is 0 Å². The zero-order valence-corrected chi connectivity index (χ0v) is 5.69. The third kappa shape index (κ3) is 1.91. The number of rotatable bonds is 2. The molecule has 1 unspecified atom stereocenters. The minimum Gasteiger partial charge on any atom is -0.394 e. The van der Waals surface area contributed by atoms with Crippen molar-refractivity contribution in [1.82, 2.24) is 0 Å². The molecule has 1 fully saturated rings. The van der Waals surface area contributed by atoms with Crippen molar-refractivity contribution in [2.24, 2.45) is 5.92 Å². The molecule has 2 N–H and O–H groups in total. The summed E-state index contributed by atoms with van der Waals surface area (Å²) in [5.74, 6) is -0.0706. The summed E-state index contributed by atoms with van der Waals surface area (Å²) in [5, 5.41) is 17.6. The summed E-state index contributed by atoms with van der Waals surface area (Å²) in [7, 11) is 0. The van der Waals surface area contributed by atoms with Gasteiger partial charge in [-0.3, -0.25) is 0 Å². The van der Waals surface area contributed by atoms with Crippen LogP contribution in [0.15, 0.2) is 0 Å². The SMILES string of the molecule is OCC(O)C1COCOC1. The molecule has 60 valence electrons. The van der Waals surface area contributed by atoms with E-state index in [1.165, 1.54) is 0 Å². The third-order valence-corrected chi connectivity index (χ3v) is 1.56. The second-order valence-corrected chi connectivity index (χ2v) is 2.37. The van der Waals surface area contributed by atoms with E-state index in [9.17, 15) is 0 Å². The van der Waals surface area contributed by atoms with Gasteiger partial charge in [-0.25, -0.2) is 0 Å². The van der Waals surface area contributed by atoms with E-state index < -0.39 is 6.10 Å². The Morgan fingerprint density at radius 2 is 2.00 bits per heavy atom. The minimum absolute atomic E-state index is 0.0706. The van der Waals surface area contributed by atoms with Gasteiger partial charge in [0.1, 0.15) is 6.79 Å². The van der Waals surface area contributed by atoms with E-state index in [0.29, 0.717) is 20.0 Å². The smallest absolute Gasteiger partial charge is 0.146 e. The van der Waals surface area contributed by atoms with Crippen LogP contribution < -0.4 is 0 Å². The first-order valence-electron chi connectivity index (χ1n) is 3.29. The predicted molar refractivity (Wildman–Crippen MR) is 33.4 cm³/mol. The van der Waals surface area contributed by atoms with Crippen LogP contribution >= 0.6 is 0 Å². The molecular weight excluding hydrogens is 136 g/mol. The van der Waals surface area contributed by atoms with Crippen LogP contribution in [0.25, 0.3) is 0 Å². The summed E-state index contributed by atoms with van der Waals surface area (Å²) in [5.41, 5.74) is 0. The highest BCUT2D eigenvalue weighted by Crippen LogP contribution is 2.09. The Morgan fingerprint density at radius 1 is 1.40 bits per heavy atom. The second-order valence-electron chi connectivity index (χ2n) is 2.37. The molecule has 0 saturated carbocycles. The summed E-state index contributed by atoms with van der Waals surface area (Å²) >= 11 is 0. The molecule has 1 aliphatic rings. The molecule has 0 aromatic heterocycles. The third-order valence-electron chi connectivity index (χ3n) is 1.56. The number of hydrogen-bond donors (Lipinski definition) is 2. The normalized spacial score (nSPS) is 24.6. The maximum atomic E-state index is 9.07. The average molecular weight is 148 g/mol. The molecule has 4 heteroatoms. The number of ether oxygens (including phenoxy) is 2. The van der Waals surface area contributed by atoms with Gasteiger partial charge in [-0.05, 0) is 0 Å². The predicted octanol–water partition coefficient (Wildman–Crippen LogP) is -1.04. The zero-order chi connectivity index (χ0) is 7.40. The van der Waals surface area contributed by atoms with Crippen LogP contribution in [-0.2, 0) is 9.47 Å². The maximum absolute atomic E-state index is 9.07. The zero-order valence-electron chi connectivity index (χ0n) is 5.69. The Balaban J connectivity index is 2.24. The highest BCUT2D eigenvalue weighted by atomic mass is 16.7. The van der Waals surface area contributed by atoms with Gasteiger partial charge in [-0.2, -0.15) is 0 Å². The molecule has 10 heavy (non-hydrogen) atoms. The highest BCUT2D eigenvalue weighted by molar-refractivity contribution is 4.68. The van der Waals surface area contributed by atoms with Crippen LogP contribution in [0.4, 0.5) is 0 Å². The summed E-state index contributed by atoms with van der Waals surface area (Å²) < 4.78 is 9.82. The molecule has 1 rings (SSSR count). The van der Waals surface area contributed by atoms with Crippen LogP contribution in [-0.4, -0.2) is 42.9 Å². The van der Waals surface area contributed by atoms with E-state index in [2.05, 4.69) is 0 Å². The van der Waals surface area contributed by atoms with Crippen molar-refractivity contribution in [2.75, 3.05) is 26.6 Å². The number of aliphatic hydroxyl groups excluding tert-OH is 2.